The fourth-order valence-electron chi connectivity index (χ4n) is 1.20. The van der Waals surface area contributed by atoms with E-state index in [9.17, 15) is 0 Å². The van der Waals surface area contributed by atoms with Crippen LogP contribution < -0.4 is 29.0 Å². The van der Waals surface area contributed by atoms with Crippen LogP contribution in [0.5, 0.6) is 0 Å². The lowest BCUT2D eigenvalue weighted by Gasteiger charge is -2.07. The maximum Gasteiger partial charge on any atom is 0.160 e. The summed E-state index contributed by atoms with van der Waals surface area (Å²) >= 11 is 2.42. The molecular formula is C7H13I2N. The van der Waals surface area contributed by atoms with Gasteiger partial charge in [-0.25, -0.2) is 4.99 Å². The average Bonchev–Trinajstić information content (AvgIpc) is 2.10. The largest absolute Gasteiger partial charge is 1.00 e. The monoisotopic (exact) mass is 365 g/mol. The quantitative estimate of drug-likeness (QED) is 0.387. The lowest BCUT2D eigenvalue weighted by molar-refractivity contribution is -0.481. The fourth-order valence-corrected chi connectivity index (χ4v) is 1.76. The summed E-state index contributed by atoms with van der Waals surface area (Å²) in [5, 5.41) is 0. The maximum absolute atomic E-state index is 3.36. The highest BCUT2D eigenvalue weighted by atomic mass is 127. The summed E-state index contributed by atoms with van der Waals surface area (Å²) in [7, 11) is 0. The molecule has 60 valence electrons. The standard InChI is InChI=1S/C7H12IN.HI/c1-7(2)3-6(4-8)9-5-7;/h5-6H,3-4H2,1-2H3;1H. The van der Waals surface area contributed by atoms with Gasteiger partial charge in [0, 0.05) is 11.8 Å². The minimum absolute atomic E-state index is 0. The molecule has 0 aromatic carbocycles. The molecule has 0 saturated carbocycles. The van der Waals surface area contributed by atoms with Crippen LogP contribution >= 0.6 is 22.6 Å². The van der Waals surface area contributed by atoms with Gasteiger partial charge in [-0.05, 0) is 0 Å². The molecule has 0 saturated heterocycles. The molecule has 0 aliphatic carbocycles. The van der Waals surface area contributed by atoms with Crippen LogP contribution in [0.25, 0.3) is 0 Å². The van der Waals surface area contributed by atoms with Crippen LogP contribution in [0.1, 0.15) is 20.3 Å². The van der Waals surface area contributed by atoms with Crippen LogP contribution in [-0.2, 0) is 0 Å². The Morgan fingerprint density at radius 1 is 1.70 bits per heavy atom. The van der Waals surface area contributed by atoms with E-state index < -0.39 is 0 Å². The summed E-state index contributed by atoms with van der Waals surface area (Å²) in [5.41, 5.74) is 0.426. The van der Waals surface area contributed by atoms with Crippen molar-refractivity contribution in [2.75, 3.05) is 4.43 Å². The Kier molecular flexibility index (Phi) is 4.71. The third kappa shape index (κ3) is 3.02. The number of hydrogen-bond acceptors (Lipinski definition) is 0. The van der Waals surface area contributed by atoms with Crippen molar-refractivity contribution in [2.45, 2.75) is 26.3 Å². The van der Waals surface area contributed by atoms with Gasteiger partial charge in [0.05, 0.1) is 4.43 Å². The number of rotatable bonds is 1. The van der Waals surface area contributed by atoms with E-state index >= 15 is 0 Å². The van der Waals surface area contributed by atoms with Gasteiger partial charge >= 0.3 is 0 Å². The fraction of sp³-hybridized carbons (Fsp3) is 0.857. The van der Waals surface area contributed by atoms with Gasteiger partial charge in [-0.2, -0.15) is 0 Å². The molecule has 0 bridgehead atoms. The minimum atomic E-state index is 0. The maximum atomic E-state index is 3.36. The van der Waals surface area contributed by atoms with Crippen molar-refractivity contribution >= 4 is 28.8 Å². The highest BCUT2D eigenvalue weighted by Crippen LogP contribution is 2.20. The first-order chi connectivity index (χ1) is 4.14. The molecule has 0 amide bonds. The zero-order valence-corrected chi connectivity index (χ0v) is 10.6. The van der Waals surface area contributed by atoms with Crippen LogP contribution in [0.2, 0.25) is 0 Å². The van der Waals surface area contributed by atoms with Crippen LogP contribution in [0.3, 0.4) is 0 Å². The van der Waals surface area contributed by atoms with Crippen LogP contribution in [0.15, 0.2) is 0 Å². The first-order valence-electron chi connectivity index (χ1n) is 3.30. The molecule has 1 atom stereocenters. The number of alkyl halides is 1. The molecule has 0 fully saturated rings. The third-order valence-corrected chi connectivity index (χ3v) is 2.73. The van der Waals surface area contributed by atoms with Crippen molar-refractivity contribution in [1.29, 1.82) is 0 Å². The highest BCUT2D eigenvalue weighted by molar-refractivity contribution is 14.1. The van der Waals surface area contributed by atoms with Crippen molar-refractivity contribution in [3.05, 3.63) is 0 Å². The Balaban J connectivity index is 0.000000810. The molecule has 3 heteroatoms. The van der Waals surface area contributed by atoms with Gasteiger partial charge in [-0.3, -0.25) is 0 Å². The van der Waals surface area contributed by atoms with Crippen molar-refractivity contribution in [3.63, 3.8) is 0 Å². The molecule has 1 aliphatic rings. The Labute approximate surface area is 93.2 Å². The Morgan fingerprint density at radius 2 is 2.30 bits per heavy atom. The zero-order valence-electron chi connectivity index (χ0n) is 6.32. The van der Waals surface area contributed by atoms with Crippen molar-refractivity contribution in [3.8, 4) is 0 Å². The molecule has 1 nitrogen and oxygen atoms in total. The second-order valence-corrected chi connectivity index (χ2v) is 4.24. The topological polar surface area (TPSA) is 14.0 Å². The molecule has 0 radical (unpaired) electrons. The summed E-state index contributed by atoms with van der Waals surface area (Å²) in [6.07, 6.45) is 3.51. The molecule has 0 aromatic heterocycles. The van der Waals surface area contributed by atoms with E-state index in [1.165, 1.54) is 10.8 Å². The zero-order chi connectivity index (χ0) is 6.91. The van der Waals surface area contributed by atoms with E-state index in [2.05, 4.69) is 47.6 Å². The van der Waals surface area contributed by atoms with E-state index in [0.717, 1.165) is 6.04 Å². The summed E-state index contributed by atoms with van der Waals surface area (Å²) < 4.78 is 1.22. The normalized spacial score (nSPS) is 28.1. The van der Waals surface area contributed by atoms with Gasteiger partial charge in [-0.1, -0.05) is 36.4 Å². The van der Waals surface area contributed by atoms with Gasteiger partial charge in [0.25, 0.3) is 0 Å². The van der Waals surface area contributed by atoms with Crippen LogP contribution in [0.4, 0.5) is 0 Å². The van der Waals surface area contributed by atoms with Crippen molar-refractivity contribution in [1.82, 2.24) is 0 Å². The third-order valence-electron chi connectivity index (χ3n) is 1.67. The van der Waals surface area contributed by atoms with Crippen molar-refractivity contribution < 1.29 is 29.0 Å². The van der Waals surface area contributed by atoms with Gasteiger partial charge in [-0.15, -0.1) is 0 Å². The molecule has 0 aromatic rings. The summed E-state index contributed by atoms with van der Waals surface area (Å²) in [5.74, 6) is 0. The van der Waals surface area contributed by atoms with Gasteiger partial charge in [0.2, 0.25) is 0 Å². The Morgan fingerprint density at radius 3 is 2.50 bits per heavy atom. The molecule has 10 heavy (non-hydrogen) atoms. The molecule has 0 spiro atoms. The van der Waals surface area contributed by atoms with Gasteiger partial charge < -0.3 is 24.0 Å². The van der Waals surface area contributed by atoms with E-state index in [-0.39, 0.29) is 24.0 Å². The number of nitrogens with one attached hydrogen (secondary N) is 1. The second-order valence-electron chi connectivity index (χ2n) is 3.35. The minimum Gasteiger partial charge on any atom is -1.00 e. The lowest BCUT2D eigenvalue weighted by atomic mass is 9.91. The molecule has 1 heterocycles. The molecule has 1 N–H and O–H groups in total. The number of hydrogen-bond donors (Lipinski definition) is 1. The van der Waals surface area contributed by atoms with Crippen LogP contribution in [-0.4, -0.2) is 16.7 Å². The molecule has 1 unspecified atom stereocenters. The summed E-state index contributed by atoms with van der Waals surface area (Å²) in [6.45, 7) is 4.54. The Hall–Kier alpha value is 1.13. The van der Waals surface area contributed by atoms with Crippen molar-refractivity contribution in [2.24, 2.45) is 5.41 Å². The van der Waals surface area contributed by atoms with Gasteiger partial charge in [0.15, 0.2) is 6.04 Å². The smallest absolute Gasteiger partial charge is 0.160 e. The molecular weight excluding hydrogens is 352 g/mol. The van der Waals surface area contributed by atoms with Gasteiger partial charge in [0.1, 0.15) is 6.21 Å². The van der Waals surface area contributed by atoms with E-state index in [0.29, 0.717) is 5.41 Å². The average molecular weight is 365 g/mol. The SMILES string of the molecule is CC1(C)C=[NH+]C(CI)C1.[I-]. The predicted molar refractivity (Wildman–Crippen MR) is 48.1 cm³/mol. The summed E-state index contributed by atoms with van der Waals surface area (Å²) in [6, 6.07) is 0.723. The summed E-state index contributed by atoms with van der Waals surface area (Å²) in [4.78, 5) is 3.36. The van der Waals surface area contributed by atoms with E-state index in [1.54, 1.807) is 0 Å². The first kappa shape index (κ1) is 11.1. The Bertz CT molecular complexity index is 132. The van der Waals surface area contributed by atoms with Crippen LogP contribution in [0, 0.1) is 5.41 Å². The predicted octanol–water partition coefficient (Wildman–Crippen LogP) is -2.62. The highest BCUT2D eigenvalue weighted by Gasteiger charge is 2.31. The molecule has 1 rings (SSSR count). The van der Waals surface area contributed by atoms with E-state index in [1.807, 2.05) is 0 Å². The first-order valence-corrected chi connectivity index (χ1v) is 4.83. The second kappa shape index (κ2) is 4.23. The lowest BCUT2D eigenvalue weighted by Crippen LogP contribution is -3.00. The number of halogens is 2. The van der Waals surface area contributed by atoms with E-state index in [4.69, 9.17) is 0 Å². The molecule has 1 aliphatic heterocycles.